The van der Waals surface area contributed by atoms with Crippen molar-refractivity contribution in [1.29, 1.82) is 0 Å². The number of benzene rings is 2. The molecule has 0 aliphatic rings. The van der Waals surface area contributed by atoms with Crippen molar-refractivity contribution < 1.29 is 18.0 Å². The largest absolute Gasteiger partial charge is 0.335 e. The summed E-state index contributed by atoms with van der Waals surface area (Å²) in [6.07, 6.45) is 0. The summed E-state index contributed by atoms with van der Waals surface area (Å²) in [6.45, 7) is 1.75. The van der Waals surface area contributed by atoms with Gasteiger partial charge in [-0.1, -0.05) is 42.0 Å². The summed E-state index contributed by atoms with van der Waals surface area (Å²) in [6, 6.07) is 10.0. The van der Waals surface area contributed by atoms with Crippen molar-refractivity contribution in [1.82, 2.24) is 0 Å². The van der Waals surface area contributed by atoms with Crippen LogP contribution in [0.4, 0.5) is 13.2 Å². The van der Waals surface area contributed by atoms with Crippen LogP contribution in [0, 0.1) is 12.7 Å². The van der Waals surface area contributed by atoms with Crippen LogP contribution < -0.4 is 0 Å². The van der Waals surface area contributed by atoms with E-state index >= 15 is 0 Å². The minimum Gasteiger partial charge on any atom is -0.287 e. The number of aryl methyl sites for hydroxylation is 1. The molecule has 98 valence electrons. The lowest BCUT2D eigenvalue weighted by atomic mass is 9.98. The number of carbonyl (C=O) groups excluding carboxylic acids is 1. The minimum absolute atomic E-state index is 0.439. The molecular weight excluding hydrogens is 253 g/mol. The van der Waals surface area contributed by atoms with E-state index in [2.05, 4.69) is 0 Å². The molecule has 4 heteroatoms. The molecule has 0 unspecified atom stereocenters. The summed E-state index contributed by atoms with van der Waals surface area (Å²) < 4.78 is 41.5. The normalized spacial score (nSPS) is 11.4. The van der Waals surface area contributed by atoms with Crippen LogP contribution in [0.1, 0.15) is 21.5 Å². The zero-order valence-corrected chi connectivity index (χ0v) is 10.2. The summed E-state index contributed by atoms with van der Waals surface area (Å²) >= 11 is 0. The maximum absolute atomic E-state index is 14.0. The zero-order valence-electron chi connectivity index (χ0n) is 10.2. The van der Waals surface area contributed by atoms with E-state index in [1.807, 2.05) is 0 Å². The molecule has 0 bridgehead atoms. The summed E-state index contributed by atoms with van der Waals surface area (Å²) in [7, 11) is 0. The molecule has 1 nitrogen and oxygen atoms in total. The van der Waals surface area contributed by atoms with Gasteiger partial charge in [0.25, 0.3) is 0 Å². The summed E-state index contributed by atoms with van der Waals surface area (Å²) in [5.41, 5.74) is -0.239. The number of ketones is 1. The lowest BCUT2D eigenvalue weighted by Gasteiger charge is -2.16. The molecular formula is C15H11F3O. The van der Waals surface area contributed by atoms with Gasteiger partial charge in [0.2, 0.25) is 5.78 Å². The van der Waals surface area contributed by atoms with Gasteiger partial charge in [-0.25, -0.2) is 4.39 Å². The Morgan fingerprint density at radius 1 is 1.00 bits per heavy atom. The van der Waals surface area contributed by atoms with Gasteiger partial charge >= 0.3 is 5.92 Å². The Balaban J connectivity index is 2.42. The van der Waals surface area contributed by atoms with E-state index in [-0.39, 0.29) is 0 Å². The number of Topliss-reactive ketones (excluding diaryl/α,β-unsaturated/α-hetero) is 1. The zero-order chi connectivity index (χ0) is 14.0. The van der Waals surface area contributed by atoms with Gasteiger partial charge in [0.1, 0.15) is 5.82 Å². The highest BCUT2D eigenvalue weighted by Crippen LogP contribution is 2.32. The number of rotatable bonds is 3. The number of alkyl halides is 2. The molecule has 0 atom stereocenters. The van der Waals surface area contributed by atoms with Crippen molar-refractivity contribution in [3.63, 3.8) is 0 Å². The maximum atomic E-state index is 14.0. The highest BCUT2D eigenvalue weighted by molar-refractivity contribution is 6.02. The Morgan fingerprint density at radius 3 is 2.16 bits per heavy atom. The van der Waals surface area contributed by atoms with Gasteiger partial charge in [0, 0.05) is 5.56 Å². The fourth-order valence-corrected chi connectivity index (χ4v) is 1.71. The van der Waals surface area contributed by atoms with Gasteiger partial charge in [-0.3, -0.25) is 4.79 Å². The molecule has 0 aromatic heterocycles. The van der Waals surface area contributed by atoms with Gasteiger partial charge in [0.15, 0.2) is 0 Å². The topological polar surface area (TPSA) is 17.1 Å². The van der Waals surface area contributed by atoms with Gasteiger partial charge in [0.05, 0.1) is 5.56 Å². The predicted octanol–water partition coefficient (Wildman–Crippen LogP) is 4.11. The smallest absolute Gasteiger partial charge is 0.287 e. The molecule has 0 N–H and O–H groups in total. The van der Waals surface area contributed by atoms with Crippen molar-refractivity contribution in [2.75, 3.05) is 0 Å². The molecule has 0 aliphatic carbocycles. The van der Waals surface area contributed by atoms with Crippen molar-refractivity contribution >= 4 is 5.78 Å². The first-order valence-corrected chi connectivity index (χ1v) is 5.67. The second kappa shape index (κ2) is 4.88. The molecule has 0 amide bonds. The maximum Gasteiger partial charge on any atom is 0.335 e. The average Bonchev–Trinajstić information content (AvgIpc) is 2.39. The quantitative estimate of drug-likeness (QED) is 0.762. The van der Waals surface area contributed by atoms with Crippen LogP contribution in [0.5, 0.6) is 0 Å². The predicted molar refractivity (Wildman–Crippen MR) is 65.8 cm³/mol. The highest BCUT2D eigenvalue weighted by atomic mass is 19.3. The molecule has 0 saturated heterocycles. The standard InChI is InChI=1S/C15H11F3O/c1-10-6-8-11(9-7-10)15(17,18)14(19)12-4-2-3-5-13(12)16/h2-9H,1H3. The van der Waals surface area contributed by atoms with Crippen molar-refractivity contribution in [3.05, 3.63) is 71.0 Å². The molecule has 0 fully saturated rings. The van der Waals surface area contributed by atoms with E-state index in [1.54, 1.807) is 6.92 Å². The third-order valence-electron chi connectivity index (χ3n) is 2.82. The Labute approximate surface area is 108 Å². The molecule has 0 spiro atoms. The number of halogens is 3. The Bertz CT molecular complexity index is 603. The number of carbonyl (C=O) groups is 1. The third kappa shape index (κ3) is 2.52. The minimum atomic E-state index is -3.74. The van der Waals surface area contributed by atoms with Crippen molar-refractivity contribution in [2.24, 2.45) is 0 Å². The Kier molecular flexibility index (Phi) is 3.42. The molecule has 0 aliphatic heterocycles. The third-order valence-corrected chi connectivity index (χ3v) is 2.82. The van der Waals surface area contributed by atoms with Crippen molar-refractivity contribution in [2.45, 2.75) is 12.8 Å². The lowest BCUT2D eigenvalue weighted by molar-refractivity contribution is 0.00702. The van der Waals surface area contributed by atoms with E-state index in [9.17, 15) is 18.0 Å². The van der Waals surface area contributed by atoms with Crippen molar-refractivity contribution in [3.8, 4) is 0 Å². The summed E-state index contributed by atoms with van der Waals surface area (Å²) in [4.78, 5) is 11.8. The number of hydrogen-bond acceptors (Lipinski definition) is 1. The van der Waals surface area contributed by atoms with E-state index in [1.165, 1.54) is 36.4 Å². The lowest BCUT2D eigenvalue weighted by Crippen LogP contribution is -2.27. The first kappa shape index (κ1) is 13.3. The highest BCUT2D eigenvalue weighted by Gasteiger charge is 2.42. The van der Waals surface area contributed by atoms with Gasteiger partial charge in [-0.15, -0.1) is 0 Å². The summed E-state index contributed by atoms with van der Waals surface area (Å²) in [5, 5.41) is 0. The van der Waals surface area contributed by atoms with Crippen LogP contribution in [-0.2, 0) is 5.92 Å². The second-order valence-corrected chi connectivity index (χ2v) is 4.25. The summed E-state index contributed by atoms with van der Waals surface area (Å²) in [5.74, 6) is -6.22. The molecule has 2 rings (SSSR count). The van der Waals surface area contributed by atoms with Crippen LogP contribution in [-0.4, -0.2) is 5.78 Å². The fourth-order valence-electron chi connectivity index (χ4n) is 1.71. The van der Waals surface area contributed by atoms with Gasteiger partial charge in [-0.2, -0.15) is 8.78 Å². The molecule has 0 saturated carbocycles. The SMILES string of the molecule is Cc1ccc(C(F)(F)C(=O)c2ccccc2F)cc1. The van der Waals surface area contributed by atoms with Gasteiger partial charge in [-0.05, 0) is 19.1 Å². The van der Waals surface area contributed by atoms with Crippen LogP contribution >= 0.6 is 0 Å². The first-order chi connectivity index (χ1) is 8.93. The molecule has 0 heterocycles. The molecule has 2 aromatic rings. The van der Waals surface area contributed by atoms with Crippen LogP contribution in [0.3, 0.4) is 0 Å². The van der Waals surface area contributed by atoms with Crippen LogP contribution in [0.25, 0.3) is 0 Å². The van der Waals surface area contributed by atoms with Gasteiger partial charge < -0.3 is 0 Å². The van der Waals surface area contributed by atoms with E-state index in [0.717, 1.165) is 17.7 Å². The first-order valence-electron chi connectivity index (χ1n) is 5.67. The Hall–Kier alpha value is -2.10. The Morgan fingerprint density at radius 2 is 1.58 bits per heavy atom. The van der Waals surface area contributed by atoms with E-state index in [0.29, 0.717) is 0 Å². The fraction of sp³-hybridized carbons (Fsp3) is 0.133. The second-order valence-electron chi connectivity index (χ2n) is 4.25. The molecule has 19 heavy (non-hydrogen) atoms. The average molecular weight is 264 g/mol. The van der Waals surface area contributed by atoms with Crippen LogP contribution in [0.15, 0.2) is 48.5 Å². The van der Waals surface area contributed by atoms with E-state index < -0.39 is 28.6 Å². The monoisotopic (exact) mass is 264 g/mol. The number of hydrogen-bond donors (Lipinski definition) is 0. The molecule has 2 aromatic carbocycles. The van der Waals surface area contributed by atoms with Crippen LogP contribution in [0.2, 0.25) is 0 Å². The molecule has 0 radical (unpaired) electrons. The van der Waals surface area contributed by atoms with E-state index in [4.69, 9.17) is 0 Å².